The lowest BCUT2D eigenvalue weighted by Crippen LogP contribution is -2.27. The van der Waals surface area contributed by atoms with Gasteiger partial charge >= 0.3 is 0 Å². The molecule has 0 radical (unpaired) electrons. The summed E-state index contributed by atoms with van der Waals surface area (Å²) >= 11 is 0. The molecule has 0 amide bonds. The van der Waals surface area contributed by atoms with E-state index in [-0.39, 0.29) is 6.04 Å². The Kier molecular flexibility index (Phi) is 2.88. The number of aromatic nitrogens is 2. The Hall–Kier alpha value is -1.86. The Labute approximate surface area is 94.7 Å². The third kappa shape index (κ3) is 2.05. The zero-order valence-electron chi connectivity index (χ0n) is 9.46. The van der Waals surface area contributed by atoms with Gasteiger partial charge in [-0.2, -0.15) is 5.26 Å². The molecule has 2 aromatic rings. The van der Waals surface area contributed by atoms with Crippen molar-refractivity contribution in [1.82, 2.24) is 14.3 Å². The minimum Gasteiger partial charge on any atom is -0.307 e. The lowest BCUT2D eigenvalue weighted by Gasteiger charge is -2.16. The zero-order chi connectivity index (χ0) is 11.5. The molecule has 0 spiro atoms. The predicted octanol–water partition coefficient (Wildman–Crippen LogP) is 1.68. The van der Waals surface area contributed by atoms with Crippen LogP contribution in [0.3, 0.4) is 0 Å². The average Bonchev–Trinajstić information content (AvgIpc) is 2.69. The molecule has 0 aromatic carbocycles. The molecular weight excluding hydrogens is 200 g/mol. The standard InChI is InChI=1S/C12H14N4/c1-10(7-13)15(2)8-11-9-16-6-4-3-5-12(16)14-11/h3-6,9-10H,8H2,1-2H3. The minimum atomic E-state index is -0.0928. The fourth-order valence-electron chi connectivity index (χ4n) is 1.55. The Bertz CT molecular complexity index is 490. The van der Waals surface area contributed by atoms with Crippen LogP contribution in [0.5, 0.6) is 0 Å². The van der Waals surface area contributed by atoms with E-state index in [0.717, 1.165) is 11.3 Å². The molecule has 1 atom stereocenters. The normalized spacial score (nSPS) is 12.9. The summed E-state index contributed by atoms with van der Waals surface area (Å²) in [6.07, 6.45) is 3.97. The number of nitrogens with zero attached hydrogens (tertiary/aromatic N) is 4. The summed E-state index contributed by atoms with van der Waals surface area (Å²) in [7, 11) is 1.93. The van der Waals surface area contributed by atoms with Crippen LogP contribution in [0.1, 0.15) is 12.6 Å². The minimum absolute atomic E-state index is 0.0928. The highest BCUT2D eigenvalue weighted by atomic mass is 15.1. The topological polar surface area (TPSA) is 44.3 Å². The van der Waals surface area contributed by atoms with E-state index in [4.69, 9.17) is 5.26 Å². The van der Waals surface area contributed by atoms with Gasteiger partial charge in [0.25, 0.3) is 0 Å². The number of rotatable bonds is 3. The Balaban J connectivity index is 2.19. The molecule has 2 heterocycles. The summed E-state index contributed by atoms with van der Waals surface area (Å²) in [5.74, 6) is 0. The Morgan fingerprint density at radius 3 is 3.06 bits per heavy atom. The monoisotopic (exact) mass is 214 g/mol. The molecule has 0 aliphatic rings. The molecule has 4 heteroatoms. The summed E-state index contributed by atoms with van der Waals surface area (Å²) in [5, 5.41) is 8.81. The van der Waals surface area contributed by atoms with E-state index < -0.39 is 0 Å². The van der Waals surface area contributed by atoms with Crippen molar-refractivity contribution < 1.29 is 0 Å². The molecule has 1 unspecified atom stereocenters. The van der Waals surface area contributed by atoms with Crippen LogP contribution in [0.15, 0.2) is 30.6 Å². The van der Waals surface area contributed by atoms with Crippen LogP contribution in [0.25, 0.3) is 5.65 Å². The molecule has 82 valence electrons. The highest BCUT2D eigenvalue weighted by molar-refractivity contribution is 5.39. The van der Waals surface area contributed by atoms with Crippen molar-refractivity contribution in [1.29, 1.82) is 5.26 Å². The number of imidazole rings is 1. The third-order valence-electron chi connectivity index (χ3n) is 2.67. The van der Waals surface area contributed by atoms with Crippen LogP contribution in [0.4, 0.5) is 0 Å². The summed E-state index contributed by atoms with van der Waals surface area (Å²) in [6.45, 7) is 2.58. The van der Waals surface area contributed by atoms with Gasteiger partial charge in [0.05, 0.1) is 17.8 Å². The van der Waals surface area contributed by atoms with Crippen LogP contribution in [-0.2, 0) is 6.54 Å². The van der Waals surface area contributed by atoms with E-state index in [0.29, 0.717) is 6.54 Å². The number of hydrogen-bond donors (Lipinski definition) is 0. The van der Waals surface area contributed by atoms with Crippen LogP contribution < -0.4 is 0 Å². The van der Waals surface area contributed by atoms with Gasteiger partial charge in [-0.25, -0.2) is 4.98 Å². The second-order valence-electron chi connectivity index (χ2n) is 3.92. The van der Waals surface area contributed by atoms with Crippen molar-refractivity contribution >= 4 is 5.65 Å². The summed E-state index contributed by atoms with van der Waals surface area (Å²) < 4.78 is 1.99. The molecule has 0 saturated carbocycles. The van der Waals surface area contributed by atoms with Gasteiger partial charge in [0.15, 0.2) is 0 Å². The van der Waals surface area contributed by atoms with Crippen molar-refractivity contribution in [2.75, 3.05) is 7.05 Å². The van der Waals surface area contributed by atoms with Gasteiger partial charge in [-0.15, -0.1) is 0 Å². The number of nitriles is 1. The van der Waals surface area contributed by atoms with E-state index in [1.54, 1.807) is 0 Å². The average molecular weight is 214 g/mol. The fourth-order valence-corrected chi connectivity index (χ4v) is 1.55. The SMILES string of the molecule is CC(C#N)N(C)Cc1cn2ccccc2n1. The molecule has 16 heavy (non-hydrogen) atoms. The van der Waals surface area contributed by atoms with Crippen LogP contribution in [-0.4, -0.2) is 27.4 Å². The first-order valence-electron chi connectivity index (χ1n) is 5.23. The number of hydrogen-bond acceptors (Lipinski definition) is 3. The first kappa shape index (κ1) is 10.7. The molecule has 2 aromatic heterocycles. The number of pyridine rings is 1. The van der Waals surface area contributed by atoms with E-state index in [2.05, 4.69) is 11.1 Å². The van der Waals surface area contributed by atoms with Gasteiger partial charge < -0.3 is 4.40 Å². The van der Waals surface area contributed by atoms with Crippen LogP contribution in [0.2, 0.25) is 0 Å². The molecule has 0 saturated heterocycles. The molecule has 0 aliphatic carbocycles. The van der Waals surface area contributed by atoms with Crippen LogP contribution >= 0.6 is 0 Å². The van der Waals surface area contributed by atoms with Crippen molar-refractivity contribution in [2.45, 2.75) is 19.5 Å². The molecular formula is C12H14N4. The zero-order valence-corrected chi connectivity index (χ0v) is 9.46. The molecule has 0 N–H and O–H groups in total. The quantitative estimate of drug-likeness (QED) is 0.780. The van der Waals surface area contributed by atoms with Gasteiger partial charge in [-0.3, -0.25) is 4.90 Å². The van der Waals surface area contributed by atoms with Crippen molar-refractivity contribution in [3.05, 3.63) is 36.3 Å². The third-order valence-corrected chi connectivity index (χ3v) is 2.67. The first-order chi connectivity index (χ1) is 7.70. The summed E-state index contributed by atoms with van der Waals surface area (Å²) in [4.78, 5) is 6.46. The first-order valence-corrected chi connectivity index (χ1v) is 5.23. The van der Waals surface area contributed by atoms with Crippen molar-refractivity contribution in [2.24, 2.45) is 0 Å². The largest absolute Gasteiger partial charge is 0.307 e. The van der Waals surface area contributed by atoms with Gasteiger partial charge in [-0.05, 0) is 26.1 Å². The van der Waals surface area contributed by atoms with E-state index in [9.17, 15) is 0 Å². The molecule has 4 nitrogen and oxygen atoms in total. The lowest BCUT2D eigenvalue weighted by molar-refractivity contribution is 0.291. The van der Waals surface area contributed by atoms with Crippen molar-refractivity contribution in [3.8, 4) is 6.07 Å². The van der Waals surface area contributed by atoms with E-state index in [1.165, 1.54) is 0 Å². The molecule has 0 bridgehead atoms. The van der Waals surface area contributed by atoms with Gasteiger partial charge in [-0.1, -0.05) is 6.07 Å². The molecule has 0 aliphatic heterocycles. The number of fused-ring (bicyclic) bond motifs is 1. The maximum atomic E-state index is 8.81. The smallest absolute Gasteiger partial charge is 0.137 e. The highest BCUT2D eigenvalue weighted by Gasteiger charge is 2.10. The van der Waals surface area contributed by atoms with E-state index >= 15 is 0 Å². The van der Waals surface area contributed by atoms with Crippen molar-refractivity contribution in [3.63, 3.8) is 0 Å². The maximum Gasteiger partial charge on any atom is 0.137 e. The summed E-state index contributed by atoms with van der Waals surface area (Å²) in [5.41, 5.74) is 1.92. The van der Waals surface area contributed by atoms with Crippen LogP contribution in [0, 0.1) is 11.3 Å². The van der Waals surface area contributed by atoms with E-state index in [1.807, 2.05) is 53.9 Å². The Morgan fingerprint density at radius 2 is 2.38 bits per heavy atom. The maximum absolute atomic E-state index is 8.81. The highest BCUT2D eigenvalue weighted by Crippen LogP contribution is 2.07. The fraction of sp³-hybridized carbons (Fsp3) is 0.333. The van der Waals surface area contributed by atoms with Gasteiger partial charge in [0, 0.05) is 18.9 Å². The summed E-state index contributed by atoms with van der Waals surface area (Å²) in [6, 6.07) is 8.03. The van der Waals surface area contributed by atoms with Gasteiger partial charge in [0.2, 0.25) is 0 Å². The molecule has 2 rings (SSSR count). The van der Waals surface area contributed by atoms with Gasteiger partial charge in [0.1, 0.15) is 5.65 Å². The molecule has 0 fully saturated rings. The lowest BCUT2D eigenvalue weighted by atomic mass is 10.3. The second kappa shape index (κ2) is 4.33. The Morgan fingerprint density at radius 1 is 1.56 bits per heavy atom. The second-order valence-corrected chi connectivity index (χ2v) is 3.92. The predicted molar refractivity (Wildman–Crippen MR) is 61.7 cm³/mol.